The van der Waals surface area contributed by atoms with Crippen LogP contribution in [0, 0.1) is 0 Å². The van der Waals surface area contributed by atoms with E-state index in [9.17, 15) is 4.39 Å². The summed E-state index contributed by atoms with van der Waals surface area (Å²) in [6, 6.07) is 14.1. The van der Waals surface area contributed by atoms with Gasteiger partial charge in [0.15, 0.2) is 0 Å². The van der Waals surface area contributed by atoms with Crippen molar-refractivity contribution in [2.24, 2.45) is 0 Å². The summed E-state index contributed by atoms with van der Waals surface area (Å²) in [5, 5.41) is 2.31. The Morgan fingerprint density at radius 2 is 2.00 bits per heavy atom. The minimum atomic E-state index is -0.187. The first-order valence-corrected chi connectivity index (χ1v) is 6.12. The van der Waals surface area contributed by atoms with E-state index >= 15 is 0 Å². The van der Waals surface area contributed by atoms with E-state index in [1.807, 2.05) is 36.4 Å². The minimum absolute atomic E-state index is 0.187. The molecule has 3 rings (SSSR count). The standard InChI is InChI=1S/C16H13FN2/c17-16(11-19-8-7-18-12-19)10-13-5-6-14-3-1-2-4-15(14)9-13/h1-9,11-12H,10H2/b16-11-. The topological polar surface area (TPSA) is 17.8 Å². The second-order valence-electron chi connectivity index (χ2n) is 4.44. The first-order valence-electron chi connectivity index (χ1n) is 6.12. The summed E-state index contributed by atoms with van der Waals surface area (Å²) >= 11 is 0. The first-order chi connectivity index (χ1) is 9.31. The molecule has 1 heterocycles. The van der Waals surface area contributed by atoms with E-state index in [1.165, 1.54) is 11.6 Å². The summed E-state index contributed by atoms with van der Waals surface area (Å²) in [5.41, 5.74) is 0.965. The maximum Gasteiger partial charge on any atom is 0.121 e. The number of rotatable bonds is 3. The molecule has 0 atom stereocenters. The molecule has 94 valence electrons. The maximum absolute atomic E-state index is 13.9. The van der Waals surface area contributed by atoms with Crippen molar-refractivity contribution in [3.63, 3.8) is 0 Å². The lowest BCUT2D eigenvalue weighted by Gasteiger charge is -2.03. The summed E-state index contributed by atoms with van der Waals surface area (Å²) in [6.07, 6.45) is 6.64. The second kappa shape index (κ2) is 5.06. The molecule has 0 spiro atoms. The molecule has 1 aromatic heterocycles. The van der Waals surface area contributed by atoms with Gasteiger partial charge in [-0.1, -0.05) is 42.5 Å². The minimum Gasteiger partial charge on any atom is -0.311 e. The average Bonchev–Trinajstić information content (AvgIpc) is 2.91. The predicted octanol–water partition coefficient (Wildman–Crippen LogP) is 4.05. The predicted molar refractivity (Wildman–Crippen MR) is 75.3 cm³/mol. The molecule has 0 saturated heterocycles. The van der Waals surface area contributed by atoms with Gasteiger partial charge in [-0.2, -0.15) is 0 Å². The number of imidazole rings is 1. The molecule has 0 aliphatic heterocycles. The van der Waals surface area contributed by atoms with E-state index in [4.69, 9.17) is 0 Å². The number of hydrogen-bond acceptors (Lipinski definition) is 1. The zero-order valence-electron chi connectivity index (χ0n) is 10.3. The normalized spacial score (nSPS) is 11.9. The number of hydrogen-bond donors (Lipinski definition) is 0. The summed E-state index contributed by atoms with van der Waals surface area (Å²) < 4.78 is 15.5. The maximum atomic E-state index is 13.9. The lowest BCUT2D eigenvalue weighted by molar-refractivity contribution is 0.615. The Morgan fingerprint density at radius 3 is 2.79 bits per heavy atom. The van der Waals surface area contributed by atoms with Crippen LogP contribution in [0.1, 0.15) is 5.56 Å². The molecule has 2 aromatic carbocycles. The monoisotopic (exact) mass is 252 g/mol. The van der Waals surface area contributed by atoms with E-state index in [0.717, 1.165) is 10.9 Å². The van der Waals surface area contributed by atoms with Crippen LogP contribution < -0.4 is 0 Å². The van der Waals surface area contributed by atoms with Crippen LogP contribution in [0.2, 0.25) is 0 Å². The van der Waals surface area contributed by atoms with Gasteiger partial charge in [-0.25, -0.2) is 9.37 Å². The number of fused-ring (bicyclic) bond motifs is 1. The lowest BCUT2D eigenvalue weighted by atomic mass is 10.0. The van der Waals surface area contributed by atoms with Crippen LogP contribution in [0.3, 0.4) is 0 Å². The largest absolute Gasteiger partial charge is 0.311 e. The first kappa shape index (κ1) is 11.7. The van der Waals surface area contributed by atoms with Crippen LogP contribution in [0.5, 0.6) is 0 Å². The molecule has 2 nitrogen and oxygen atoms in total. The highest BCUT2D eigenvalue weighted by Gasteiger charge is 2.00. The van der Waals surface area contributed by atoms with Gasteiger partial charge in [-0.15, -0.1) is 0 Å². The third-order valence-corrected chi connectivity index (χ3v) is 3.00. The summed E-state index contributed by atoms with van der Waals surface area (Å²) in [4.78, 5) is 3.87. The smallest absolute Gasteiger partial charge is 0.121 e. The molecule has 0 aliphatic rings. The number of nitrogens with zero attached hydrogens (tertiary/aromatic N) is 2. The third kappa shape index (κ3) is 2.71. The van der Waals surface area contributed by atoms with Crippen molar-refractivity contribution in [2.75, 3.05) is 0 Å². The molecule has 0 amide bonds. The average molecular weight is 252 g/mol. The molecule has 3 aromatic rings. The van der Waals surface area contributed by atoms with Gasteiger partial charge >= 0.3 is 0 Å². The molecule has 0 aliphatic carbocycles. The number of benzene rings is 2. The van der Waals surface area contributed by atoms with Gasteiger partial charge < -0.3 is 4.57 Å². The molecule has 0 fully saturated rings. The Morgan fingerprint density at radius 1 is 1.16 bits per heavy atom. The Kier molecular flexibility index (Phi) is 3.11. The SMILES string of the molecule is F/C(=C\n1ccnc1)Cc1ccc2ccccc2c1. The van der Waals surface area contributed by atoms with Crippen molar-refractivity contribution in [3.05, 3.63) is 72.6 Å². The molecule has 0 saturated carbocycles. The Balaban J connectivity index is 1.85. The van der Waals surface area contributed by atoms with Crippen molar-refractivity contribution in [3.8, 4) is 0 Å². The van der Waals surface area contributed by atoms with Crippen molar-refractivity contribution in [2.45, 2.75) is 6.42 Å². The quantitative estimate of drug-likeness (QED) is 0.687. The Labute approximate surface area is 110 Å². The number of halogens is 1. The summed E-state index contributed by atoms with van der Waals surface area (Å²) in [7, 11) is 0. The highest BCUT2D eigenvalue weighted by molar-refractivity contribution is 5.83. The number of allylic oxidation sites excluding steroid dienone is 1. The number of aromatic nitrogens is 2. The van der Waals surface area contributed by atoms with Crippen LogP contribution in [0.25, 0.3) is 17.0 Å². The van der Waals surface area contributed by atoms with Gasteiger partial charge in [0, 0.05) is 25.0 Å². The molecule has 0 bridgehead atoms. The zero-order chi connectivity index (χ0) is 13.1. The zero-order valence-corrected chi connectivity index (χ0v) is 10.3. The van der Waals surface area contributed by atoms with Crippen LogP contribution >= 0.6 is 0 Å². The van der Waals surface area contributed by atoms with Gasteiger partial charge in [0.2, 0.25) is 0 Å². The fraction of sp³-hybridized carbons (Fsp3) is 0.0625. The molecule has 3 heteroatoms. The van der Waals surface area contributed by atoms with Crippen molar-refractivity contribution < 1.29 is 4.39 Å². The highest BCUT2D eigenvalue weighted by Crippen LogP contribution is 2.18. The van der Waals surface area contributed by atoms with Crippen molar-refractivity contribution in [1.29, 1.82) is 0 Å². The Hall–Kier alpha value is -2.42. The van der Waals surface area contributed by atoms with E-state index in [1.54, 1.807) is 23.3 Å². The highest BCUT2D eigenvalue weighted by atomic mass is 19.1. The van der Waals surface area contributed by atoms with Crippen LogP contribution in [-0.2, 0) is 6.42 Å². The van der Waals surface area contributed by atoms with Crippen LogP contribution in [-0.4, -0.2) is 9.55 Å². The molecule has 0 radical (unpaired) electrons. The van der Waals surface area contributed by atoms with E-state index < -0.39 is 0 Å². The van der Waals surface area contributed by atoms with E-state index in [2.05, 4.69) is 11.1 Å². The molecule has 0 N–H and O–H groups in total. The fourth-order valence-corrected chi connectivity index (χ4v) is 2.10. The van der Waals surface area contributed by atoms with Gasteiger partial charge in [0.1, 0.15) is 5.83 Å². The molecular formula is C16H13FN2. The lowest BCUT2D eigenvalue weighted by Crippen LogP contribution is -1.89. The van der Waals surface area contributed by atoms with Crippen molar-refractivity contribution in [1.82, 2.24) is 9.55 Å². The van der Waals surface area contributed by atoms with E-state index in [0.29, 0.717) is 6.42 Å². The van der Waals surface area contributed by atoms with Crippen LogP contribution in [0.15, 0.2) is 67.0 Å². The fourth-order valence-electron chi connectivity index (χ4n) is 2.10. The third-order valence-electron chi connectivity index (χ3n) is 3.00. The molecule has 0 unspecified atom stereocenters. The van der Waals surface area contributed by atoms with Crippen molar-refractivity contribution >= 4 is 17.0 Å². The summed E-state index contributed by atoms with van der Waals surface area (Å²) in [5.74, 6) is -0.187. The summed E-state index contributed by atoms with van der Waals surface area (Å²) in [6.45, 7) is 0. The second-order valence-corrected chi connectivity index (χ2v) is 4.44. The van der Waals surface area contributed by atoms with Crippen LogP contribution in [0.4, 0.5) is 4.39 Å². The van der Waals surface area contributed by atoms with E-state index in [-0.39, 0.29) is 5.83 Å². The van der Waals surface area contributed by atoms with Gasteiger partial charge in [-0.05, 0) is 16.3 Å². The molecule has 19 heavy (non-hydrogen) atoms. The Bertz CT molecular complexity index is 714. The van der Waals surface area contributed by atoms with Gasteiger partial charge in [0.25, 0.3) is 0 Å². The molecular weight excluding hydrogens is 239 g/mol. The van der Waals surface area contributed by atoms with Gasteiger partial charge in [-0.3, -0.25) is 0 Å². The van der Waals surface area contributed by atoms with Gasteiger partial charge in [0.05, 0.1) is 6.33 Å².